The van der Waals surface area contributed by atoms with Crippen molar-refractivity contribution in [2.75, 3.05) is 26.7 Å². The van der Waals surface area contributed by atoms with Crippen molar-refractivity contribution in [1.82, 2.24) is 20.3 Å². The molecule has 0 spiro atoms. The maximum Gasteiger partial charge on any atom is 0.480 e. The highest BCUT2D eigenvalue weighted by Crippen LogP contribution is 2.36. The Balaban J connectivity index is 0.000000523. The van der Waals surface area contributed by atoms with Crippen LogP contribution in [-0.4, -0.2) is 87.3 Å². The van der Waals surface area contributed by atoms with E-state index in [4.69, 9.17) is 0 Å². The highest BCUT2D eigenvalue weighted by molar-refractivity contribution is 8.13. The molecule has 0 aromatic carbocycles. The van der Waals surface area contributed by atoms with E-state index < -0.39 is 31.1 Å². The summed E-state index contributed by atoms with van der Waals surface area (Å²) in [5, 5.41) is 3.42. The third kappa shape index (κ3) is 10.8. The lowest BCUT2D eigenvalue weighted by Gasteiger charge is -2.32. The van der Waals surface area contributed by atoms with Crippen LogP contribution in [0.15, 0.2) is 11.9 Å². The van der Waals surface area contributed by atoms with Crippen LogP contribution in [0, 0.1) is 5.41 Å². The van der Waals surface area contributed by atoms with E-state index in [9.17, 15) is 52.8 Å². The van der Waals surface area contributed by atoms with E-state index in [0.717, 1.165) is 36.5 Å². The molecule has 0 aromatic rings. The molecule has 252 valence electrons. The summed E-state index contributed by atoms with van der Waals surface area (Å²) >= 11 is 0. The van der Waals surface area contributed by atoms with Crippen molar-refractivity contribution in [1.29, 1.82) is 0 Å². The van der Waals surface area contributed by atoms with Gasteiger partial charge in [-0.2, -0.15) is 26.3 Å². The van der Waals surface area contributed by atoms with Crippen molar-refractivity contribution < 1.29 is 57.8 Å². The number of carbonyl (C=O) groups is 2. The highest BCUT2D eigenvalue weighted by atomic mass is 32.3. The molecular formula is C23H40F6N6O6S2. The Bertz CT molecular complexity index is 1180. The Hall–Kier alpha value is -2.16. The number of allylic oxidation sites excluding steroid dienone is 1. The van der Waals surface area contributed by atoms with E-state index in [-0.39, 0.29) is 23.4 Å². The predicted molar refractivity (Wildman–Crippen MR) is 144 cm³/mol. The van der Waals surface area contributed by atoms with Crippen molar-refractivity contribution in [3.05, 3.63) is 16.0 Å². The molecule has 43 heavy (non-hydrogen) atoms. The first-order chi connectivity index (χ1) is 19.4. The molecule has 2 aliphatic rings. The standard InChI is InChI=1S/C21H39N5O2.C2F6NO4S2/c1-7-9-14-25-15-17(23(6)22-25)12-10-11-13-24-16-18(21(3,4)5)26(20(24)28)19(27)8-2;3-1(4,5)14(10,11)9-15(12,13)2(6,7)8/h15,18,22H,7-14,16H2,1-6H3;/q;-1/p+1/t18-;/m1./s1. The third-order valence-electron chi connectivity index (χ3n) is 6.53. The monoisotopic (exact) mass is 674 g/mol. The number of imide groups is 1. The quantitative estimate of drug-likeness (QED) is 0.252. The zero-order valence-electron chi connectivity index (χ0n) is 24.8. The maximum absolute atomic E-state index is 12.8. The number of urea groups is 1. The Morgan fingerprint density at radius 3 is 1.98 bits per heavy atom. The fourth-order valence-electron chi connectivity index (χ4n) is 4.13. The second-order valence-electron chi connectivity index (χ2n) is 11.0. The fourth-order valence-corrected chi connectivity index (χ4v) is 5.84. The summed E-state index contributed by atoms with van der Waals surface area (Å²) in [5.41, 5.74) is -7.78. The van der Waals surface area contributed by atoms with Crippen LogP contribution in [0.2, 0.25) is 0 Å². The first-order valence-electron chi connectivity index (χ1n) is 13.4. The third-order valence-corrected chi connectivity index (χ3v) is 9.27. The van der Waals surface area contributed by atoms with E-state index in [1.165, 1.54) is 28.4 Å². The van der Waals surface area contributed by atoms with Gasteiger partial charge in [0.05, 0.1) is 11.7 Å². The van der Waals surface area contributed by atoms with Gasteiger partial charge in [-0.05, 0) is 31.1 Å². The summed E-state index contributed by atoms with van der Waals surface area (Å²) in [5.74, 6) is -0.0635. The molecule has 0 aliphatic carbocycles. The van der Waals surface area contributed by atoms with E-state index in [1.54, 1.807) is 0 Å². The van der Waals surface area contributed by atoms with Crippen LogP contribution >= 0.6 is 0 Å². The van der Waals surface area contributed by atoms with Gasteiger partial charge in [0, 0.05) is 26.6 Å². The summed E-state index contributed by atoms with van der Waals surface area (Å²) in [6.45, 7) is 12.8. The number of halogens is 6. The lowest BCUT2D eigenvalue weighted by atomic mass is 9.86. The summed E-state index contributed by atoms with van der Waals surface area (Å²) in [6, 6.07) is -0.156. The number of nitrogens with zero attached hydrogens (tertiary/aromatic N) is 4. The topological polar surface area (TPSA) is 143 Å². The maximum atomic E-state index is 12.8. The van der Waals surface area contributed by atoms with E-state index in [2.05, 4.69) is 51.5 Å². The molecule has 1 fully saturated rings. The van der Waals surface area contributed by atoms with E-state index in [0.29, 0.717) is 13.0 Å². The SMILES string of the molecule is CCCC[NH+]1C=C(CCCCN2C[C@H](C(C)(C)C)N(C(=O)CC)C2=O)N(C)N1.O=S(=O)([N-]S(=O)(=O)C(F)(F)F)C(F)(F)F. The van der Waals surface area contributed by atoms with Gasteiger partial charge in [0.1, 0.15) is 12.7 Å². The number of quaternary nitrogens is 1. The molecular weight excluding hydrogens is 634 g/mol. The molecule has 2 rings (SSSR count). The zero-order chi connectivity index (χ0) is 33.6. The molecule has 0 radical (unpaired) electrons. The first-order valence-corrected chi connectivity index (χ1v) is 16.3. The molecule has 12 nitrogen and oxygen atoms in total. The van der Waals surface area contributed by atoms with Crippen LogP contribution in [0.3, 0.4) is 0 Å². The van der Waals surface area contributed by atoms with Gasteiger partial charge in [-0.15, -0.1) is 0 Å². The van der Waals surface area contributed by atoms with E-state index >= 15 is 0 Å². The number of nitrogens with one attached hydrogen (secondary N) is 2. The number of hydrazine groups is 1. The molecule has 0 saturated carbocycles. The Morgan fingerprint density at radius 2 is 1.53 bits per heavy atom. The van der Waals surface area contributed by atoms with Crippen molar-refractivity contribution in [3.8, 4) is 0 Å². The second-order valence-corrected chi connectivity index (χ2v) is 14.5. The summed E-state index contributed by atoms with van der Waals surface area (Å²) in [4.78, 5) is 28.5. The van der Waals surface area contributed by atoms with Crippen LogP contribution in [0.4, 0.5) is 31.1 Å². The van der Waals surface area contributed by atoms with Crippen molar-refractivity contribution >= 4 is 32.0 Å². The summed E-state index contributed by atoms with van der Waals surface area (Å²) in [7, 11) is -11.4. The van der Waals surface area contributed by atoms with Crippen molar-refractivity contribution in [2.45, 2.75) is 90.2 Å². The molecule has 20 heteroatoms. The van der Waals surface area contributed by atoms with Crippen molar-refractivity contribution in [3.63, 3.8) is 0 Å². The number of carbonyl (C=O) groups excluding carboxylic acids is 2. The molecule has 2 atom stereocenters. The summed E-state index contributed by atoms with van der Waals surface area (Å²) < 4.78 is 109. The minimum Gasteiger partial charge on any atom is -0.421 e. The normalized spacial score (nSPS) is 20.3. The number of rotatable bonds is 11. The molecule has 0 aromatic heterocycles. The van der Waals surface area contributed by atoms with Gasteiger partial charge in [-0.25, -0.2) is 26.6 Å². The Labute approximate surface area is 248 Å². The number of hydrogen-bond donors (Lipinski definition) is 2. The number of sulfonamides is 2. The second kappa shape index (κ2) is 14.7. The van der Waals surface area contributed by atoms with Gasteiger partial charge in [0.2, 0.25) is 5.91 Å². The van der Waals surface area contributed by atoms with Gasteiger partial charge in [0.25, 0.3) is 0 Å². The predicted octanol–water partition coefficient (Wildman–Crippen LogP) is 3.20. The van der Waals surface area contributed by atoms with Crippen LogP contribution in [0.25, 0.3) is 4.13 Å². The molecule has 2 aliphatic heterocycles. The lowest BCUT2D eigenvalue weighted by Crippen LogP contribution is -3.13. The van der Waals surface area contributed by atoms with Crippen LogP contribution < -0.4 is 10.5 Å². The van der Waals surface area contributed by atoms with Gasteiger partial charge in [-0.1, -0.05) is 46.6 Å². The number of unbranched alkanes of at least 4 members (excludes halogenated alkanes) is 2. The van der Waals surface area contributed by atoms with Crippen molar-refractivity contribution in [2.24, 2.45) is 5.41 Å². The van der Waals surface area contributed by atoms with Gasteiger partial charge >= 0.3 is 17.0 Å². The number of alkyl halides is 6. The summed E-state index contributed by atoms with van der Waals surface area (Å²) in [6.07, 6.45) is 8.04. The van der Waals surface area contributed by atoms with Crippen LogP contribution in [0.1, 0.15) is 73.1 Å². The molecule has 3 amide bonds. The molecule has 1 unspecified atom stereocenters. The smallest absolute Gasteiger partial charge is 0.421 e. The number of amides is 3. The Morgan fingerprint density at radius 1 is 1.00 bits per heavy atom. The lowest BCUT2D eigenvalue weighted by molar-refractivity contribution is -0.901. The zero-order valence-corrected chi connectivity index (χ0v) is 26.5. The fraction of sp³-hybridized carbons (Fsp3) is 0.826. The molecule has 2 heterocycles. The average Bonchev–Trinajstić information content (AvgIpc) is 3.37. The van der Waals surface area contributed by atoms with Gasteiger partial charge in [-0.3, -0.25) is 14.7 Å². The largest absolute Gasteiger partial charge is 0.480 e. The molecule has 2 N–H and O–H groups in total. The first kappa shape index (κ1) is 38.9. The minimum atomic E-state index is -6.72. The number of hydrogen-bond acceptors (Lipinski definition) is 8. The Kier molecular flexibility index (Phi) is 13.3. The van der Waals surface area contributed by atoms with Crippen LogP contribution in [0.5, 0.6) is 0 Å². The highest BCUT2D eigenvalue weighted by Gasteiger charge is 2.47. The minimum absolute atomic E-state index is 0.0453. The van der Waals surface area contributed by atoms with Crippen LogP contribution in [-0.2, 0) is 24.8 Å². The average molecular weight is 675 g/mol. The van der Waals surface area contributed by atoms with E-state index in [1.807, 2.05) is 11.8 Å². The van der Waals surface area contributed by atoms with Gasteiger partial charge in [0.15, 0.2) is 20.0 Å². The molecule has 0 bridgehead atoms. The molecule has 1 saturated heterocycles. The van der Waals surface area contributed by atoms with Gasteiger partial charge < -0.3 is 9.03 Å².